The topological polar surface area (TPSA) is 65.7 Å². The molecule has 0 unspecified atom stereocenters. The Balaban J connectivity index is 1.64. The molecule has 1 aromatic carbocycles. The number of hydrogen-bond donors (Lipinski definition) is 0. The number of tetrazole rings is 1. The maximum absolute atomic E-state index is 5.17. The number of thioether (sulfide) groups is 1. The van der Waals surface area contributed by atoms with E-state index in [1.807, 2.05) is 24.3 Å². The standard InChI is InChI=1S/C15H17N5OS2/c1-3-14-16-12(9-22-14)10-23-15-17-18-19-20(15)8-11-4-6-13(21-2)7-5-11/h4-7,9H,3,8,10H2,1-2H3. The van der Waals surface area contributed by atoms with Crippen LogP contribution in [0.2, 0.25) is 0 Å². The predicted molar refractivity (Wildman–Crippen MR) is 91.0 cm³/mol. The van der Waals surface area contributed by atoms with Gasteiger partial charge in [0.2, 0.25) is 5.16 Å². The van der Waals surface area contributed by atoms with E-state index >= 15 is 0 Å². The largest absolute Gasteiger partial charge is 0.497 e. The van der Waals surface area contributed by atoms with Crippen LogP contribution in [-0.4, -0.2) is 32.3 Å². The quantitative estimate of drug-likeness (QED) is 0.612. The molecule has 0 bridgehead atoms. The smallest absolute Gasteiger partial charge is 0.210 e. The molecule has 2 heterocycles. The monoisotopic (exact) mass is 347 g/mol. The highest BCUT2D eigenvalue weighted by atomic mass is 32.2. The van der Waals surface area contributed by atoms with Crippen molar-refractivity contribution < 1.29 is 4.74 Å². The number of hydrogen-bond acceptors (Lipinski definition) is 7. The van der Waals surface area contributed by atoms with E-state index in [0.29, 0.717) is 6.54 Å². The van der Waals surface area contributed by atoms with Crippen molar-refractivity contribution in [1.82, 2.24) is 25.2 Å². The lowest BCUT2D eigenvalue weighted by atomic mass is 10.2. The number of rotatable bonds is 7. The third-order valence-electron chi connectivity index (χ3n) is 3.24. The summed E-state index contributed by atoms with van der Waals surface area (Å²) in [6.45, 7) is 2.75. The molecule has 3 aromatic rings. The van der Waals surface area contributed by atoms with Crippen molar-refractivity contribution in [1.29, 1.82) is 0 Å². The molecule has 23 heavy (non-hydrogen) atoms. The average Bonchev–Trinajstić information content (AvgIpc) is 3.22. The van der Waals surface area contributed by atoms with Crippen molar-refractivity contribution in [2.75, 3.05) is 7.11 Å². The molecule has 2 aromatic heterocycles. The molecule has 0 saturated heterocycles. The predicted octanol–water partition coefficient (Wildman–Crippen LogP) is 3.04. The first-order valence-corrected chi connectivity index (χ1v) is 9.10. The van der Waals surface area contributed by atoms with Crippen LogP contribution in [0.3, 0.4) is 0 Å². The fourth-order valence-corrected chi connectivity index (χ4v) is 3.64. The van der Waals surface area contributed by atoms with Gasteiger partial charge in [0.15, 0.2) is 0 Å². The third-order valence-corrected chi connectivity index (χ3v) is 5.27. The Bertz CT molecular complexity index is 753. The molecule has 0 aliphatic heterocycles. The Kier molecular flexibility index (Phi) is 5.24. The summed E-state index contributed by atoms with van der Waals surface area (Å²) in [5.74, 6) is 1.62. The van der Waals surface area contributed by atoms with E-state index in [9.17, 15) is 0 Å². The number of methoxy groups -OCH3 is 1. The molecule has 6 nitrogen and oxygen atoms in total. The zero-order chi connectivity index (χ0) is 16.1. The molecule has 0 radical (unpaired) electrons. The number of thiazole rings is 1. The Hall–Kier alpha value is -1.93. The van der Waals surface area contributed by atoms with Crippen molar-refractivity contribution in [3.63, 3.8) is 0 Å². The third kappa shape index (κ3) is 4.08. The normalized spacial score (nSPS) is 10.9. The molecule has 0 spiro atoms. The minimum Gasteiger partial charge on any atom is -0.497 e. The lowest BCUT2D eigenvalue weighted by Crippen LogP contribution is -2.04. The molecule has 0 N–H and O–H groups in total. The maximum Gasteiger partial charge on any atom is 0.210 e. The number of benzene rings is 1. The van der Waals surface area contributed by atoms with Gasteiger partial charge >= 0.3 is 0 Å². The molecule has 0 atom stereocenters. The van der Waals surface area contributed by atoms with E-state index in [0.717, 1.165) is 34.3 Å². The summed E-state index contributed by atoms with van der Waals surface area (Å²) in [5, 5.41) is 16.0. The van der Waals surface area contributed by atoms with Crippen LogP contribution in [0.25, 0.3) is 0 Å². The molecule has 120 valence electrons. The highest BCUT2D eigenvalue weighted by Gasteiger charge is 2.09. The minimum atomic E-state index is 0.636. The summed E-state index contributed by atoms with van der Waals surface area (Å²) < 4.78 is 6.97. The van der Waals surface area contributed by atoms with Gasteiger partial charge < -0.3 is 4.74 Å². The van der Waals surface area contributed by atoms with Gasteiger partial charge in [0.05, 0.1) is 24.4 Å². The lowest BCUT2D eigenvalue weighted by Gasteiger charge is -2.05. The average molecular weight is 347 g/mol. The first-order chi connectivity index (χ1) is 11.3. The van der Waals surface area contributed by atoms with Crippen molar-refractivity contribution in [2.24, 2.45) is 0 Å². The number of ether oxygens (including phenoxy) is 1. The van der Waals surface area contributed by atoms with Gasteiger partial charge in [-0.25, -0.2) is 9.67 Å². The summed E-state index contributed by atoms with van der Waals surface area (Å²) in [4.78, 5) is 4.57. The highest BCUT2D eigenvalue weighted by molar-refractivity contribution is 7.98. The van der Waals surface area contributed by atoms with E-state index in [1.54, 1.807) is 34.9 Å². The zero-order valence-corrected chi connectivity index (χ0v) is 14.6. The van der Waals surface area contributed by atoms with Crippen LogP contribution in [0.5, 0.6) is 5.75 Å². The zero-order valence-electron chi connectivity index (χ0n) is 13.0. The molecule has 0 amide bonds. The van der Waals surface area contributed by atoms with Crippen molar-refractivity contribution in [2.45, 2.75) is 30.8 Å². The number of aromatic nitrogens is 5. The molecular formula is C15H17N5OS2. The fraction of sp³-hybridized carbons (Fsp3) is 0.333. The number of nitrogens with zero attached hydrogens (tertiary/aromatic N) is 5. The summed E-state index contributed by atoms with van der Waals surface area (Å²) >= 11 is 3.31. The Morgan fingerprint density at radius 3 is 2.78 bits per heavy atom. The van der Waals surface area contributed by atoms with Crippen molar-refractivity contribution in [3.8, 4) is 5.75 Å². The Labute approximate surface area is 142 Å². The summed E-state index contributed by atoms with van der Waals surface area (Å²) in [6, 6.07) is 7.91. The summed E-state index contributed by atoms with van der Waals surface area (Å²) in [6.07, 6.45) is 0.977. The first kappa shape index (κ1) is 15.9. The van der Waals surface area contributed by atoms with Crippen LogP contribution >= 0.6 is 23.1 Å². The van der Waals surface area contributed by atoms with Gasteiger partial charge in [-0.3, -0.25) is 0 Å². The van der Waals surface area contributed by atoms with Gasteiger partial charge in [0.25, 0.3) is 0 Å². The van der Waals surface area contributed by atoms with Crippen LogP contribution in [0, 0.1) is 0 Å². The molecule has 8 heteroatoms. The van der Waals surface area contributed by atoms with Crippen LogP contribution < -0.4 is 4.74 Å². The van der Waals surface area contributed by atoms with E-state index in [2.05, 4.69) is 32.8 Å². The minimum absolute atomic E-state index is 0.636. The van der Waals surface area contributed by atoms with Gasteiger partial charge in [0.1, 0.15) is 5.75 Å². The second-order valence-corrected chi connectivity index (χ2v) is 6.73. The lowest BCUT2D eigenvalue weighted by molar-refractivity contribution is 0.414. The Morgan fingerprint density at radius 2 is 2.09 bits per heavy atom. The van der Waals surface area contributed by atoms with E-state index in [4.69, 9.17) is 4.74 Å². The Morgan fingerprint density at radius 1 is 1.26 bits per heavy atom. The van der Waals surface area contributed by atoms with Gasteiger partial charge in [-0.2, -0.15) is 0 Å². The molecular weight excluding hydrogens is 330 g/mol. The van der Waals surface area contributed by atoms with E-state index in [1.165, 1.54) is 5.01 Å². The summed E-state index contributed by atoms with van der Waals surface area (Å²) in [5.41, 5.74) is 2.21. The second kappa shape index (κ2) is 7.56. The SMILES string of the molecule is CCc1nc(CSc2nnnn2Cc2ccc(OC)cc2)cs1. The van der Waals surface area contributed by atoms with Crippen LogP contribution in [0.1, 0.15) is 23.2 Å². The molecule has 0 fully saturated rings. The number of aryl methyl sites for hydroxylation is 1. The fourth-order valence-electron chi connectivity index (χ4n) is 2.02. The summed E-state index contributed by atoms with van der Waals surface area (Å²) in [7, 11) is 1.66. The van der Waals surface area contributed by atoms with Gasteiger partial charge in [0, 0.05) is 11.1 Å². The van der Waals surface area contributed by atoms with E-state index < -0.39 is 0 Å². The second-order valence-electron chi connectivity index (χ2n) is 4.84. The van der Waals surface area contributed by atoms with Crippen LogP contribution in [0.15, 0.2) is 34.8 Å². The highest BCUT2D eigenvalue weighted by Crippen LogP contribution is 2.22. The van der Waals surface area contributed by atoms with Crippen molar-refractivity contribution >= 4 is 23.1 Å². The van der Waals surface area contributed by atoms with Crippen molar-refractivity contribution in [3.05, 3.63) is 45.9 Å². The molecule has 0 aliphatic rings. The van der Waals surface area contributed by atoms with E-state index in [-0.39, 0.29) is 0 Å². The van der Waals surface area contributed by atoms with Crippen LogP contribution in [0.4, 0.5) is 0 Å². The molecule has 0 saturated carbocycles. The van der Waals surface area contributed by atoms with Crippen LogP contribution in [-0.2, 0) is 18.7 Å². The maximum atomic E-state index is 5.17. The van der Waals surface area contributed by atoms with Gasteiger partial charge in [-0.15, -0.1) is 16.4 Å². The molecule has 0 aliphatic carbocycles. The molecule has 3 rings (SSSR count). The van der Waals surface area contributed by atoms with Gasteiger partial charge in [-0.1, -0.05) is 30.8 Å². The first-order valence-electron chi connectivity index (χ1n) is 7.23. The van der Waals surface area contributed by atoms with Gasteiger partial charge in [-0.05, 0) is 34.5 Å².